The van der Waals surface area contributed by atoms with Crippen molar-refractivity contribution in [3.8, 4) is 11.8 Å². The minimum atomic E-state index is -0.875. The summed E-state index contributed by atoms with van der Waals surface area (Å²) in [6.07, 6.45) is 0.778. The number of carbonyl (C=O) groups excluding carboxylic acids is 1. The molecule has 0 amide bonds. The van der Waals surface area contributed by atoms with Crippen LogP contribution >= 0.6 is 11.6 Å². The molecule has 5 heteroatoms. The molecule has 4 nitrogen and oxygen atoms in total. The van der Waals surface area contributed by atoms with E-state index in [-0.39, 0.29) is 5.78 Å². The van der Waals surface area contributed by atoms with Crippen LogP contribution in [0.1, 0.15) is 37.4 Å². The lowest BCUT2D eigenvalue weighted by Crippen LogP contribution is -2.49. The maximum Gasteiger partial charge on any atom is 0.197 e. The molecule has 0 radical (unpaired) electrons. The van der Waals surface area contributed by atoms with Crippen LogP contribution in [0.5, 0.6) is 5.75 Å². The van der Waals surface area contributed by atoms with Gasteiger partial charge in [0.25, 0.3) is 0 Å². The summed E-state index contributed by atoms with van der Waals surface area (Å²) in [5.41, 5.74) is 0.367. The fraction of sp³-hybridized carbons (Fsp3) is 0.467. The molecule has 1 unspecified atom stereocenters. The highest BCUT2D eigenvalue weighted by Gasteiger charge is 2.42. The zero-order valence-electron chi connectivity index (χ0n) is 11.6. The zero-order valence-corrected chi connectivity index (χ0v) is 12.3. The predicted octanol–water partition coefficient (Wildman–Crippen LogP) is 2.56. The normalized spacial score (nSPS) is 19.9. The van der Waals surface area contributed by atoms with Gasteiger partial charge in [-0.1, -0.05) is 0 Å². The lowest BCUT2D eigenvalue weighted by atomic mass is 9.87. The van der Waals surface area contributed by atoms with Gasteiger partial charge in [-0.25, -0.2) is 0 Å². The lowest BCUT2D eigenvalue weighted by Gasteiger charge is -2.36. The van der Waals surface area contributed by atoms with Crippen LogP contribution < -0.4 is 10.1 Å². The van der Waals surface area contributed by atoms with E-state index in [1.54, 1.807) is 32.0 Å². The lowest BCUT2D eigenvalue weighted by molar-refractivity contribution is -0.136. The number of nitrogens with zero attached hydrogens (tertiary/aromatic N) is 1. The number of carbonyl (C=O) groups is 1. The number of rotatable bonds is 4. The third-order valence-electron chi connectivity index (χ3n) is 3.33. The molecular formula is C15H17ClN2O2. The van der Waals surface area contributed by atoms with E-state index in [9.17, 15) is 4.79 Å². The molecule has 1 aliphatic heterocycles. The molecule has 20 heavy (non-hydrogen) atoms. The van der Waals surface area contributed by atoms with E-state index in [4.69, 9.17) is 21.6 Å². The number of ether oxygens (including phenoxy) is 1. The summed E-state index contributed by atoms with van der Waals surface area (Å²) in [5.74, 6) is 1.16. The molecule has 0 bridgehead atoms. The minimum absolute atomic E-state index is 0.0327. The summed E-state index contributed by atoms with van der Waals surface area (Å²) in [7, 11) is 0. The molecule has 1 atom stereocenters. The number of nitrogens with one attached hydrogen (secondary N) is 1. The van der Waals surface area contributed by atoms with Crippen molar-refractivity contribution in [3.63, 3.8) is 0 Å². The Morgan fingerprint density at radius 2 is 2.25 bits per heavy atom. The Bertz CT molecular complexity index is 563. The van der Waals surface area contributed by atoms with Crippen LogP contribution in [-0.4, -0.2) is 23.8 Å². The van der Waals surface area contributed by atoms with E-state index in [1.807, 2.05) is 0 Å². The summed E-state index contributed by atoms with van der Waals surface area (Å²) in [6, 6.07) is 6.78. The second-order valence-electron chi connectivity index (χ2n) is 5.27. The van der Waals surface area contributed by atoms with Gasteiger partial charge in [0.1, 0.15) is 5.75 Å². The van der Waals surface area contributed by atoms with Crippen molar-refractivity contribution in [2.75, 3.05) is 12.4 Å². The Labute approximate surface area is 123 Å². The van der Waals surface area contributed by atoms with Crippen LogP contribution in [0.2, 0.25) is 0 Å². The third kappa shape index (κ3) is 2.79. The number of hydrogen-bond acceptors (Lipinski definition) is 4. The Morgan fingerprint density at radius 3 is 2.90 bits per heavy atom. The molecular weight excluding hydrogens is 276 g/mol. The van der Waals surface area contributed by atoms with Crippen molar-refractivity contribution >= 4 is 17.4 Å². The molecule has 1 aromatic carbocycles. The zero-order chi connectivity index (χ0) is 14.8. The largest absolute Gasteiger partial charge is 0.480 e. The van der Waals surface area contributed by atoms with Gasteiger partial charge in [0.2, 0.25) is 0 Å². The van der Waals surface area contributed by atoms with Crippen molar-refractivity contribution < 1.29 is 9.53 Å². The maximum atomic E-state index is 12.5. The monoisotopic (exact) mass is 292 g/mol. The van der Waals surface area contributed by atoms with Gasteiger partial charge in [0, 0.05) is 11.4 Å². The summed E-state index contributed by atoms with van der Waals surface area (Å²) in [6.45, 7) is 4.16. The van der Waals surface area contributed by atoms with Crippen molar-refractivity contribution in [3.05, 3.63) is 29.3 Å². The van der Waals surface area contributed by atoms with Crippen LogP contribution in [0.4, 0.5) is 0 Å². The number of Topliss-reactive ketones (excluding diaryl/α,β-unsaturated/α-hetero) is 1. The van der Waals surface area contributed by atoms with Crippen LogP contribution in [-0.2, 0) is 4.79 Å². The fourth-order valence-corrected chi connectivity index (χ4v) is 2.40. The van der Waals surface area contributed by atoms with Gasteiger partial charge in [-0.15, -0.1) is 11.6 Å². The number of halogens is 1. The molecule has 0 aromatic heterocycles. The van der Waals surface area contributed by atoms with Gasteiger partial charge in [-0.05, 0) is 45.0 Å². The number of alkyl halides is 1. The van der Waals surface area contributed by atoms with E-state index in [2.05, 4.69) is 11.4 Å². The molecule has 1 aromatic rings. The van der Waals surface area contributed by atoms with Crippen molar-refractivity contribution in [2.24, 2.45) is 0 Å². The second-order valence-corrected chi connectivity index (χ2v) is 5.65. The first kappa shape index (κ1) is 14.8. The highest BCUT2D eigenvalue weighted by atomic mass is 35.5. The predicted molar refractivity (Wildman–Crippen MR) is 77.0 cm³/mol. The van der Waals surface area contributed by atoms with Crippen molar-refractivity contribution in [2.45, 2.75) is 31.9 Å². The molecule has 1 heterocycles. The molecule has 2 rings (SSSR count). The standard InChI is InChI=1S/C15H17ClN2O2/c1-15(2)14(19)13(18-7-3-6-16)11-8-10(9-17)4-5-12(11)20-15/h4-5,8,13,18H,3,6-7H2,1-2H3. The Kier molecular flexibility index (Phi) is 4.32. The minimum Gasteiger partial charge on any atom is -0.480 e. The first-order valence-corrected chi connectivity index (χ1v) is 7.10. The average Bonchev–Trinajstić information content (AvgIpc) is 2.42. The van der Waals surface area contributed by atoms with E-state index in [0.717, 1.165) is 12.0 Å². The number of hydrogen-bond donors (Lipinski definition) is 1. The van der Waals surface area contributed by atoms with E-state index < -0.39 is 11.6 Å². The molecule has 0 spiro atoms. The van der Waals surface area contributed by atoms with E-state index >= 15 is 0 Å². The second kappa shape index (κ2) is 5.82. The first-order chi connectivity index (χ1) is 9.49. The Morgan fingerprint density at radius 1 is 1.50 bits per heavy atom. The molecule has 0 saturated heterocycles. The van der Waals surface area contributed by atoms with E-state index in [0.29, 0.717) is 23.7 Å². The molecule has 1 aliphatic rings. The van der Waals surface area contributed by atoms with Gasteiger partial charge in [0.05, 0.1) is 17.7 Å². The van der Waals surface area contributed by atoms with Crippen molar-refractivity contribution in [1.29, 1.82) is 5.26 Å². The average molecular weight is 293 g/mol. The topological polar surface area (TPSA) is 62.1 Å². The third-order valence-corrected chi connectivity index (χ3v) is 3.60. The van der Waals surface area contributed by atoms with Gasteiger partial charge in [0.15, 0.2) is 11.4 Å². The van der Waals surface area contributed by atoms with Gasteiger partial charge in [-0.2, -0.15) is 5.26 Å². The molecule has 0 aliphatic carbocycles. The van der Waals surface area contributed by atoms with Crippen LogP contribution in [0.15, 0.2) is 18.2 Å². The van der Waals surface area contributed by atoms with E-state index in [1.165, 1.54) is 0 Å². The molecule has 0 saturated carbocycles. The summed E-state index contributed by atoms with van der Waals surface area (Å²) >= 11 is 5.67. The number of benzene rings is 1. The number of fused-ring (bicyclic) bond motifs is 1. The highest BCUT2D eigenvalue weighted by Crippen LogP contribution is 2.37. The smallest absolute Gasteiger partial charge is 0.197 e. The van der Waals surface area contributed by atoms with Crippen molar-refractivity contribution in [1.82, 2.24) is 5.32 Å². The van der Waals surface area contributed by atoms with Crippen LogP contribution in [0.25, 0.3) is 0 Å². The molecule has 0 fully saturated rings. The summed E-state index contributed by atoms with van der Waals surface area (Å²) < 4.78 is 5.74. The Hall–Kier alpha value is -1.57. The fourth-order valence-electron chi connectivity index (χ4n) is 2.27. The highest BCUT2D eigenvalue weighted by molar-refractivity contribution is 6.17. The maximum absolute atomic E-state index is 12.5. The summed E-state index contributed by atoms with van der Waals surface area (Å²) in [5, 5.41) is 12.2. The SMILES string of the molecule is CC1(C)Oc2ccc(C#N)cc2C(NCCCCl)C1=O. The molecule has 1 N–H and O–H groups in total. The van der Waals surface area contributed by atoms with Gasteiger partial charge >= 0.3 is 0 Å². The molecule has 106 valence electrons. The Balaban J connectivity index is 2.38. The first-order valence-electron chi connectivity index (χ1n) is 6.56. The van der Waals surface area contributed by atoms with Crippen LogP contribution in [0, 0.1) is 11.3 Å². The van der Waals surface area contributed by atoms with Crippen LogP contribution in [0.3, 0.4) is 0 Å². The van der Waals surface area contributed by atoms with Gasteiger partial charge < -0.3 is 10.1 Å². The number of ketones is 1. The van der Waals surface area contributed by atoms with Gasteiger partial charge in [-0.3, -0.25) is 4.79 Å². The summed E-state index contributed by atoms with van der Waals surface area (Å²) in [4.78, 5) is 12.5. The quantitative estimate of drug-likeness (QED) is 0.684. The number of nitriles is 1.